The van der Waals surface area contributed by atoms with Gasteiger partial charge in [-0.25, -0.2) is 13.4 Å². The summed E-state index contributed by atoms with van der Waals surface area (Å²) in [6.07, 6.45) is 16.5. The van der Waals surface area contributed by atoms with Gasteiger partial charge in [-0.05, 0) is 37.2 Å². The normalized spacial score (nSPS) is 28.2. The zero-order valence-electron chi connectivity index (χ0n) is 13.9. The van der Waals surface area contributed by atoms with E-state index < -0.39 is 15.1 Å². The third kappa shape index (κ3) is 4.22. The highest BCUT2D eigenvalue weighted by atomic mass is 32.2. The van der Waals surface area contributed by atoms with E-state index in [-0.39, 0.29) is 6.10 Å². The lowest BCUT2D eigenvalue weighted by molar-refractivity contribution is 0.204. The summed E-state index contributed by atoms with van der Waals surface area (Å²) in [6, 6.07) is 0. The van der Waals surface area contributed by atoms with E-state index in [1.165, 1.54) is 24.9 Å². The molecule has 3 rings (SSSR count). The molecular formula is C18H22NO3S2. The third-order valence-electron chi connectivity index (χ3n) is 4.24. The van der Waals surface area contributed by atoms with Crippen molar-refractivity contribution in [2.75, 3.05) is 12.0 Å². The molecule has 0 N–H and O–H groups in total. The van der Waals surface area contributed by atoms with Gasteiger partial charge in [-0.2, -0.15) is 11.8 Å². The third-order valence-corrected chi connectivity index (χ3v) is 7.11. The van der Waals surface area contributed by atoms with Crippen LogP contribution in [0.15, 0.2) is 52.7 Å². The summed E-state index contributed by atoms with van der Waals surface area (Å²) in [6.45, 7) is 2.10. The Morgan fingerprint density at radius 1 is 1.29 bits per heavy atom. The fourth-order valence-corrected chi connectivity index (χ4v) is 4.88. The molecule has 0 spiro atoms. The lowest BCUT2D eigenvalue weighted by atomic mass is 10.0. The number of hydrogen-bond donors (Lipinski definition) is 0. The van der Waals surface area contributed by atoms with Gasteiger partial charge in [0.1, 0.15) is 6.10 Å². The average Bonchev–Trinajstić information content (AvgIpc) is 3.09. The van der Waals surface area contributed by atoms with Crippen LogP contribution in [0.25, 0.3) is 0 Å². The monoisotopic (exact) mass is 364 g/mol. The first-order chi connectivity index (χ1) is 11.4. The fourth-order valence-electron chi connectivity index (χ4n) is 2.85. The number of thioether (sulfide) groups is 1. The first-order valence-corrected chi connectivity index (χ1v) is 11.1. The topological polar surface area (TPSA) is 55.7 Å². The van der Waals surface area contributed by atoms with Crippen molar-refractivity contribution in [1.29, 1.82) is 0 Å². The molecule has 24 heavy (non-hydrogen) atoms. The summed E-state index contributed by atoms with van der Waals surface area (Å²) >= 11 is 1.97. The zero-order valence-corrected chi connectivity index (χ0v) is 15.5. The van der Waals surface area contributed by atoms with E-state index in [1.54, 1.807) is 12.2 Å². The molecule has 1 fully saturated rings. The average molecular weight is 365 g/mol. The summed E-state index contributed by atoms with van der Waals surface area (Å²) in [5.41, 5.74) is 1.68. The molecule has 0 aromatic rings. The van der Waals surface area contributed by atoms with E-state index in [0.29, 0.717) is 11.1 Å². The van der Waals surface area contributed by atoms with Gasteiger partial charge < -0.3 is 4.74 Å². The molecule has 6 heteroatoms. The Bertz CT molecular complexity index is 722. The van der Waals surface area contributed by atoms with E-state index in [4.69, 9.17) is 4.74 Å². The van der Waals surface area contributed by atoms with E-state index >= 15 is 0 Å². The Morgan fingerprint density at radius 2 is 2.04 bits per heavy atom. The highest BCUT2D eigenvalue weighted by Crippen LogP contribution is 2.30. The standard InChI is InChI=1S/C18H22NO3S2/c1-13(17-6-4-12-23-17)22-18-7-3-5-16(19-18)14-8-10-15(11-9-14)24(2,20)21/h3,5,7-11,13,15,17H,4,6,12H2,1-2H3/t13-,15?,17?/m1/s1. The number of aliphatic imine (C=N–C) groups is 1. The molecule has 2 heterocycles. The van der Waals surface area contributed by atoms with E-state index in [0.717, 1.165) is 11.3 Å². The van der Waals surface area contributed by atoms with Crippen molar-refractivity contribution in [3.8, 4) is 0 Å². The van der Waals surface area contributed by atoms with Gasteiger partial charge in [0.2, 0.25) is 5.90 Å². The maximum Gasteiger partial charge on any atom is 0.213 e. The van der Waals surface area contributed by atoms with Crippen LogP contribution in [0.5, 0.6) is 0 Å². The van der Waals surface area contributed by atoms with Gasteiger partial charge in [0.05, 0.1) is 10.9 Å². The molecule has 1 saturated heterocycles. The summed E-state index contributed by atoms with van der Waals surface area (Å²) < 4.78 is 29.2. The zero-order chi connectivity index (χ0) is 17.2. The van der Waals surface area contributed by atoms with Crippen molar-refractivity contribution in [3.05, 3.63) is 54.1 Å². The Labute approximate surface area is 148 Å². The van der Waals surface area contributed by atoms with Crippen LogP contribution in [0.3, 0.4) is 0 Å². The molecule has 0 aromatic heterocycles. The Kier molecular flexibility index (Phi) is 5.35. The first kappa shape index (κ1) is 17.5. The predicted octanol–water partition coefficient (Wildman–Crippen LogP) is 3.25. The number of sulfone groups is 1. The van der Waals surface area contributed by atoms with E-state index in [9.17, 15) is 8.42 Å². The second-order valence-electron chi connectivity index (χ2n) is 6.20. The summed E-state index contributed by atoms with van der Waals surface area (Å²) in [7, 11) is -3.10. The Balaban J connectivity index is 1.72. The smallest absolute Gasteiger partial charge is 0.213 e. The Hall–Kier alpha value is -1.27. The molecule has 2 aliphatic heterocycles. The molecule has 2 atom stereocenters. The second-order valence-corrected chi connectivity index (χ2v) is 9.75. The molecule has 1 radical (unpaired) electrons. The van der Waals surface area contributed by atoms with Gasteiger partial charge in [-0.3, -0.25) is 0 Å². The number of dihydropyridines is 1. The van der Waals surface area contributed by atoms with Gasteiger partial charge in [0.15, 0.2) is 9.84 Å². The lowest BCUT2D eigenvalue weighted by Gasteiger charge is -2.21. The van der Waals surface area contributed by atoms with Crippen molar-refractivity contribution in [1.82, 2.24) is 0 Å². The minimum atomic E-state index is -3.10. The number of allylic oxidation sites excluding steroid dienone is 4. The Morgan fingerprint density at radius 3 is 2.67 bits per heavy atom. The minimum absolute atomic E-state index is 0.136. The van der Waals surface area contributed by atoms with E-state index in [1.807, 2.05) is 42.5 Å². The van der Waals surface area contributed by atoms with Crippen LogP contribution in [0, 0.1) is 6.42 Å². The van der Waals surface area contributed by atoms with Crippen molar-refractivity contribution >= 4 is 27.5 Å². The lowest BCUT2D eigenvalue weighted by Crippen LogP contribution is -2.24. The van der Waals surface area contributed by atoms with Crippen LogP contribution in [-0.2, 0) is 14.6 Å². The van der Waals surface area contributed by atoms with Gasteiger partial charge in [-0.1, -0.05) is 30.4 Å². The largest absolute Gasteiger partial charge is 0.473 e. The number of rotatable bonds is 3. The summed E-state index contributed by atoms with van der Waals surface area (Å²) in [5, 5.41) is -0.0202. The van der Waals surface area contributed by atoms with Gasteiger partial charge >= 0.3 is 0 Å². The molecule has 0 aromatic carbocycles. The van der Waals surface area contributed by atoms with Crippen molar-refractivity contribution < 1.29 is 13.2 Å². The van der Waals surface area contributed by atoms with Crippen LogP contribution >= 0.6 is 11.8 Å². The molecule has 129 valence electrons. The molecular weight excluding hydrogens is 342 g/mol. The molecule has 0 saturated carbocycles. The SMILES string of the molecule is C[C@@H](OC1=NC(=C2C=CC(S(C)(=O)=O)C=C2)[CH]C=C1)C1CCCS1. The van der Waals surface area contributed by atoms with Crippen molar-refractivity contribution in [2.24, 2.45) is 4.99 Å². The van der Waals surface area contributed by atoms with E-state index in [2.05, 4.69) is 11.9 Å². The molecule has 4 nitrogen and oxygen atoms in total. The predicted molar refractivity (Wildman–Crippen MR) is 101 cm³/mol. The van der Waals surface area contributed by atoms with Crippen LogP contribution < -0.4 is 0 Å². The van der Waals surface area contributed by atoms with Crippen LogP contribution in [-0.4, -0.2) is 42.9 Å². The summed E-state index contributed by atoms with van der Waals surface area (Å²) in [4.78, 5) is 4.57. The first-order valence-electron chi connectivity index (χ1n) is 8.11. The van der Waals surface area contributed by atoms with Crippen molar-refractivity contribution in [2.45, 2.75) is 36.4 Å². The molecule has 0 amide bonds. The highest BCUT2D eigenvalue weighted by Gasteiger charge is 2.25. The minimum Gasteiger partial charge on any atom is -0.473 e. The van der Waals surface area contributed by atoms with Crippen LogP contribution in [0.2, 0.25) is 0 Å². The van der Waals surface area contributed by atoms with Crippen LogP contribution in [0.1, 0.15) is 19.8 Å². The molecule has 0 bridgehead atoms. The van der Waals surface area contributed by atoms with Crippen molar-refractivity contribution in [3.63, 3.8) is 0 Å². The quantitative estimate of drug-likeness (QED) is 0.771. The highest BCUT2D eigenvalue weighted by molar-refractivity contribution is 8.00. The maximum atomic E-state index is 11.6. The van der Waals surface area contributed by atoms with Gasteiger partial charge in [0.25, 0.3) is 0 Å². The van der Waals surface area contributed by atoms with Crippen LogP contribution in [0.4, 0.5) is 0 Å². The molecule has 3 aliphatic rings. The van der Waals surface area contributed by atoms with Gasteiger partial charge in [0, 0.05) is 17.9 Å². The van der Waals surface area contributed by atoms with Gasteiger partial charge in [-0.15, -0.1) is 0 Å². The second kappa shape index (κ2) is 7.31. The summed E-state index contributed by atoms with van der Waals surface area (Å²) in [5.74, 6) is 1.83. The number of ether oxygens (including phenoxy) is 1. The molecule has 1 aliphatic carbocycles. The molecule has 1 unspecified atom stereocenters. The fraction of sp³-hybridized carbons (Fsp3) is 0.444. The maximum absolute atomic E-state index is 11.6. The number of nitrogens with zero attached hydrogens (tertiary/aromatic N) is 1. The number of hydrogen-bond acceptors (Lipinski definition) is 5.